The van der Waals surface area contributed by atoms with Gasteiger partial charge in [-0.15, -0.1) is 0 Å². The van der Waals surface area contributed by atoms with Gasteiger partial charge in [-0.3, -0.25) is 4.21 Å². The molecule has 100 valence electrons. The quantitative estimate of drug-likeness (QED) is 0.736. The summed E-state index contributed by atoms with van der Waals surface area (Å²) in [7, 11) is 0.703. The summed E-state index contributed by atoms with van der Waals surface area (Å²) in [5.74, 6) is 0.208. The summed E-state index contributed by atoms with van der Waals surface area (Å²) in [6.07, 6.45) is 2.37. The number of benzene rings is 1. The summed E-state index contributed by atoms with van der Waals surface area (Å²) in [6, 6.07) is 4.75. The lowest BCUT2D eigenvalue weighted by Gasteiger charge is -2.10. The molecule has 1 rings (SSSR count). The molecule has 6 heteroatoms. The van der Waals surface area contributed by atoms with Crippen molar-refractivity contribution in [1.82, 2.24) is 0 Å². The van der Waals surface area contributed by atoms with Crippen LogP contribution in [0.2, 0.25) is 0 Å². The predicted octanol–water partition coefficient (Wildman–Crippen LogP) is 1.57. The Morgan fingerprint density at radius 2 is 2.22 bits per heavy atom. The molecule has 5 nitrogen and oxygen atoms in total. The van der Waals surface area contributed by atoms with Gasteiger partial charge in [0.25, 0.3) is 0 Å². The second-order valence-electron chi connectivity index (χ2n) is 3.77. The van der Waals surface area contributed by atoms with E-state index in [9.17, 15) is 9.00 Å². The molecule has 0 heterocycles. The third kappa shape index (κ3) is 4.37. The maximum Gasteiger partial charge on any atom is 0.337 e. The SMILES string of the molecule is COc1ccc(C(=O)O)c(NCCCS(C)=O)c1. The van der Waals surface area contributed by atoms with E-state index < -0.39 is 16.8 Å². The predicted molar refractivity (Wildman–Crippen MR) is 72.0 cm³/mol. The van der Waals surface area contributed by atoms with Gasteiger partial charge in [-0.2, -0.15) is 0 Å². The van der Waals surface area contributed by atoms with Gasteiger partial charge in [0, 0.05) is 35.4 Å². The normalized spacial score (nSPS) is 11.9. The summed E-state index contributed by atoms with van der Waals surface area (Å²) in [5.41, 5.74) is 0.720. The van der Waals surface area contributed by atoms with Crippen LogP contribution in [-0.4, -0.2) is 40.9 Å². The first-order valence-electron chi connectivity index (χ1n) is 5.50. The zero-order chi connectivity index (χ0) is 13.5. The van der Waals surface area contributed by atoms with Crippen molar-refractivity contribution in [3.8, 4) is 5.75 Å². The van der Waals surface area contributed by atoms with Gasteiger partial charge in [-0.25, -0.2) is 4.79 Å². The smallest absolute Gasteiger partial charge is 0.337 e. The van der Waals surface area contributed by atoms with Gasteiger partial charge in [-0.05, 0) is 18.6 Å². The van der Waals surface area contributed by atoms with Crippen molar-refractivity contribution < 1.29 is 18.8 Å². The van der Waals surface area contributed by atoms with E-state index in [1.54, 1.807) is 18.4 Å². The second-order valence-corrected chi connectivity index (χ2v) is 5.33. The third-order valence-corrected chi connectivity index (χ3v) is 3.24. The van der Waals surface area contributed by atoms with Gasteiger partial charge in [0.15, 0.2) is 0 Å². The van der Waals surface area contributed by atoms with Crippen molar-refractivity contribution in [3.05, 3.63) is 23.8 Å². The molecule has 1 aromatic carbocycles. The standard InChI is InChI=1S/C12H17NO4S/c1-17-9-4-5-10(12(14)15)11(8-9)13-6-3-7-18(2)16/h4-5,8,13H,3,6-7H2,1-2H3,(H,14,15). The van der Waals surface area contributed by atoms with Gasteiger partial charge in [-0.1, -0.05) is 0 Å². The van der Waals surface area contributed by atoms with E-state index in [4.69, 9.17) is 9.84 Å². The van der Waals surface area contributed by atoms with Crippen LogP contribution in [0.15, 0.2) is 18.2 Å². The Morgan fingerprint density at radius 1 is 1.50 bits per heavy atom. The minimum absolute atomic E-state index is 0.202. The molecule has 0 aliphatic carbocycles. The van der Waals surface area contributed by atoms with Crippen LogP contribution in [-0.2, 0) is 10.8 Å². The Labute approximate surface area is 109 Å². The van der Waals surface area contributed by atoms with E-state index in [2.05, 4.69) is 5.32 Å². The first kappa shape index (κ1) is 14.5. The lowest BCUT2D eigenvalue weighted by molar-refractivity contribution is 0.0698. The van der Waals surface area contributed by atoms with Crippen molar-refractivity contribution in [2.45, 2.75) is 6.42 Å². The average molecular weight is 271 g/mol. The first-order valence-corrected chi connectivity index (χ1v) is 7.22. The summed E-state index contributed by atoms with van der Waals surface area (Å²) < 4.78 is 16.0. The van der Waals surface area contributed by atoms with Crippen molar-refractivity contribution in [2.75, 3.05) is 31.0 Å². The molecule has 0 saturated heterocycles. The summed E-state index contributed by atoms with van der Waals surface area (Å²) in [5, 5.41) is 12.1. The van der Waals surface area contributed by atoms with Gasteiger partial charge >= 0.3 is 5.97 Å². The molecule has 1 aromatic rings. The fourth-order valence-electron chi connectivity index (χ4n) is 1.48. The topological polar surface area (TPSA) is 75.6 Å². The Kier molecular flexibility index (Phi) is 5.64. The van der Waals surface area contributed by atoms with Crippen molar-refractivity contribution in [3.63, 3.8) is 0 Å². The molecule has 1 atom stereocenters. The average Bonchev–Trinajstić information content (AvgIpc) is 2.33. The highest BCUT2D eigenvalue weighted by atomic mass is 32.2. The number of hydrogen-bond acceptors (Lipinski definition) is 4. The lowest BCUT2D eigenvalue weighted by atomic mass is 10.1. The highest BCUT2D eigenvalue weighted by Crippen LogP contribution is 2.22. The van der Waals surface area contributed by atoms with Crippen molar-refractivity contribution >= 4 is 22.5 Å². The van der Waals surface area contributed by atoms with E-state index in [1.165, 1.54) is 13.2 Å². The molecule has 1 unspecified atom stereocenters. The molecule has 0 aliphatic heterocycles. The summed E-state index contributed by atoms with van der Waals surface area (Å²) >= 11 is 0. The summed E-state index contributed by atoms with van der Waals surface area (Å²) in [6.45, 7) is 0.576. The van der Waals surface area contributed by atoms with Crippen LogP contribution in [0.4, 0.5) is 5.69 Å². The first-order chi connectivity index (χ1) is 8.54. The maximum atomic E-state index is 11.0. The van der Waals surface area contributed by atoms with Crippen LogP contribution in [0.5, 0.6) is 5.75 Å². The number of anilines is 1. The highest BCUT2D eigenvalue weighted by molar-refractivity contribution is 7.84. The molecular weight excluding hydrogens is 254 g/mol. The number of hydrogen-bond donors (Lipinski definition) is 2. The molecule has 18 heavy (non-hydrogen) atoms. The van der Waals surface area contributed by atoms with Crippen LogP contribution >= 0.6 is 0 Å². The fourth-order valence-corrected chi connectivity index (χ4v) is 2.03. The highest BCUT2D eigenvalue weighted by Gasteiger charge is 2.10. The van der Waals surface area contributed by atoms with Crippen molar-refractivity contribution in [2.24, 2.45) is 0 Å². The largest absolute Gasteiger partial charge is 0.497 e. The molecule has 0 aromatic heterocycles. The number of carboxylic acids is 1. The Morgan fingerprint density at radius 3 is 2.78 bits per heavy atom. The van der Waals surface area contributed by atoms with E-state index in [0.29, 0.717) is 23.7 Å². The molecule has 0 spiro atoms. The van der Waals surface area contributed by atoms with Gasteiger partial charge < -0.3 is 15.2 Å². The minimum atomic E-state index is -0.987. The van der Waals surface area contributed by atoms with Gasteiger partial charge in [0.05, 0.1) is 18.4 Å². The molecule has 0 bridgehead atoms. The third-order valence-electron chi connectivity index (χ3n) is 2.38. The molecular formula is C12H17NO4S. The zero-order valence-corrected chi connectivity index (χ0v) is 11.3. The van der Waals surface area contributed by atoms with E-state index in [-0.39, 0.29) is 5.56 Å². The van der Waals surface area contributed by atoms with E-state index >= 15 is 0 Å². The molecule has 0 fully saturated rings. The molecule has 0 saturated carbocycles. The van der Waals surface area contributed by atoms with E-state index in [1.807, 2.05) is 0 Å². The Hall–Kier alpha value is -1.56. The Bertz CT molecular complexity index is 448. The number of methoxy groups -OCH3 is 1. The van der Waals surface area contributed by atoms with Crippen molar-refractivity contribution in [1.29, 1.82) is 0 Å². The van der Waals surface area contributed by atoms with Gasteiger partial charge in [0.2, 0.25) is 0 Å². The lowest BCUT2D eigenvalue weighted by Crippen LogP contribution is -2.10. The van der Waals surface area contributed by atoms with Crippen LogP contribution in [0.25, 0.3) is 0 Å². The van der Waals surface area contributed by atoms with E-state index in [0.717, 1.165) is 6.42 Å². The number of carbonyl (C=O) groups is 1. The van der Waals surface area contributed by atoms with Gasteiger partial charge in [0.1, 0.15) is 5.75 Å². The Balaban J connectivity index is 2.71. The molecule has 2 N–H and O–H groups in total. The number of ether oxygens (including phenoxy) is 1. The number of rotatable bonds is 7. The second kappa shape index (κ2) is 7.00. The maximum absolute atomic E-state index is 11.0. The van der Waals surface area contributed by atoms with Crippen LogP contribution in [0, 0.1) is 0 Å². The summed E-state index contributed by atoms with van der Waals surface area (Å²) in [4.78, 5) is 11.0. The number of aromatic carboxylic acids is 1. The van der Waals surface area contributed by atoms with Crippen LogP contribution in [0.1, 0.15) is 16.8 Å². The zero-order valence-electron chi connectivity index (χ0n) is 10.4. The minimum Gasteiger partial charge on any atom is -0.497 e. The number of nitrogens with one attached hydrogen (secondary N) is 1. The monoisotopic (exact) mass is 271 g/mol. The molecule has 0 radical (unpaired) electrons. The number of carboxylic acid groups (broad SMARTS) is 1. The molecule has 0 aliphatic rings. The fraction of sp³-hybridized carbons (Fsp3) is 0.417. The molecule has 0 amide bonds. The van der Waals surface area contributed by atoms with Crippen LogP contribution < -0.4 is 10.1 Å². The van der Waals surface area contributed by atoms with Crippen LogP contribution in [0.3, 0.4) is 0 Å².